The minimum atomic E-state index is 0.0211. The number of rotatable bonds is 7. The summed E-state index contributed by atoms with van der Waals surface area (Å²) in [6.07, 6.45) is 5.98. The Morgan fingerprint density at radius 2 is 1.84 bits per heavy atom. The van der Waals surface area contributed by atoms with Gasteiger partial charge in [0.1, 0.15) is 0 Å². The van der Waals surface area contributed by atoms with Crippen molar-refractivity contribution in [1.29, 1.82) is 0 Å². The van der Waals surface area contributed by atoms with Gasteiger partial charge in [-0.05, 0) is 38.6 Å². The third-order valence-corrected chi connectivity index (χ3v) is 3.74. The van der Waals surface area contributed by atoms with E-state index in [1.165, 1.54) is 12.8 Å². The largest absolute Gasteiger partial charge is 0.356 e. The van der Waals surface area contributed by atoms with E-state index in [0.29, 0.717) is 38.3 Å². The Labute approximate surface area is 115 Å². The molecule has 0 saturated heterocycles. The molecular formula is C14H27N3O2. The first-order valence-electron chi connectivity index (χ1n) is 7.43. The zero-order chi connectivity index (χ0) is 14.1. The first-order valence-corrected chi connectivity index (χ1v) is 7.43. The molecule has 0 aromatic carbocycles. The summed E-state index contributed by atoms with van der Waals surface area (Å²) in [7, 11) is 0. The van der Waals surface area contributed by atoms with Gasteiger partial charge in [0.15, 0.2) is 0 Å². The third-order valence-electron chi connectivity index (χ3n) is 3.74. The Bertz CT molecular complexity index is 294. The molecule has 0 bridgehead atoms. The van der Waals surface area contributed by atoms with Gasteiger partial charge in [-0.25, -0.2) is 0 Å². The van der Waals surface area contributed by atoms with Crippen LogP contribution in [0, 0.1) is 5.92 Å². The van der Waals surface area contributed by atoms with Gasteiger partial charge in [0, 0.05) is 25.4 Å². The molecule has 5 nitrogen and oxygen atoms in total. The lowest BCUT2D eigenvalue weighted by Crippen LogP contribution is -2.44. The van der Waals surface area contributed by atoms with Gasteiger partial charge >= 0.3 is 0 Å². The zero-order valence-electron chi connectivity index (χ0n) is 11.9. The number of carbonyl (C=O) groups excluding carboxylic acids is 2. The number of nitrogens with two attached hydrogens (primary N) is 1. The molecule has 4 N–H and O–H groups in total. The first-order chi connectivity index (χ1) is 9.17. The van der Waals surface area contributed by atoms with Crippen LogP contribution >= 0.6 is 0 Å². The van der Waals surface area contributed by atoms with Gasteiger partial charge in [-0.3, -0.25) is 9.59 Å². The van der Waals surface area contributed by atoms with E-state index in [1.807, 2.05) is 6.92 Å². The lowest BCUT2D eigenvalue weighted by molar-refractivity contribution is -0.123. The highest BCUT2D eigenvalue weighted by molar-refractivity contribution is 5.79. The van der Waals surface area contributed by atoms with Crippen LogP contribution in [0.3, 0.4) is 0 Å². The van der Waals surface area contributed by atoms with Crippen molar-refractivity contribution >= 4 is 11.8 Å². The molecule has 1 aliphatic rings. The fourth-order valence-electron chi connectivity index (χ4n) is 2.65. The fourth-order valence-corrected chi connectivity index (χ4v) is 2.65. The normalized spacial score (nSPS) is 22.8. The topological polar surface area (TPSA) is 84.2 Å². The van der Waals surface area contributed by atoms with Crippen LogP contribution in [0.1, 0.15) is 51.9 Å². The molecule has 19 heavy (non-hydrogen) atoms. The highest BCUT2D eigenvalue weighted by Crippen LogP contribution is 2.23. The molecule has 1 saturated carbocycles. The van der Waals surface area contributed by atoms with E-state index in [0.717, 1.165) is 12.8 Å². The van der Waals surface area contributed by atoms with Crippen LogP contribution in [-0.2, 0) is 9.59 Å². The van der Waals surface area contributed by atoms with Gasteiger partial charge in [-0.2, -0.15) is 0 Å². The minimum absolute atomic E-state index is 0.0211. The van der Waals surface area contributed by atoms with Crippen molar-refractivity contribution in [3.8, 4) is 0 Å². The van der Waals surface area contributed by atoms with Crippen molar-refractivity contribution in [1.82, 2.24) is 10.6 Å². The number of carbonyl (C=O) groups is 2. The zero-order valence-corrected chi connectivity index (χ0v) is 11.9. The van der Waals surface area contributed by atoms with Gasteiger partial charge < -0.3 is 16.4 Å². The molecule has 1 fully saturated rings. The molecule has 2 amide bonds. The summed E-state index contributed by atoms with van der Waals surface area (Å²) >= 11 is 0. The lowest BCUT2D eigenvalue weighted by atomic mass is 9.84. The molecule has 0 aliphatic heterocycles. The SMILES string of the molecule is CCNC(=O)CCCC(=O)NC1CCCCC1CN. The quantitative estimate of drug-likeness (QED) is 0.643. The molecule has 5 heteroatoms. The maximum atomic E-state index is 11.8. The van der Waals surface area contributed by atoms with Crippen LogP contribution in [0.4, 0.5) is 0 Å². The average Bonchev–Trinajstić information content (AvgIpc) is 2.39. The van der Waals surface area contributed by atoms with Crippen molar-refractivity contribution < 1.29 is 9.59 Å². The van der Waals surface area contributed by atoms with Crippen LogP contribution < -0.4 is 16.4 Å². The van der Waals surface area contributed by atoms with Crippen molar-refractivity contribution in [2.45, 2.75) is 57.9 Å². The lowest BCUT2D eigenvalue weighted by Gasteiger charge is -2.31. The maximum absolute atomic E-state index is 11.8. The Kier molecular flexibility index (Phi) is 7.48. The molecular weight excluding hydrogens is 242 g/mol. The molecule has 2 unspecified atom stereocenters. The Morgan fingerprint density at radius 1 is 1.16 bits per heavy atom. The maximum Gasteiger partial charge on any atom is 0.220 e. The number of nitrogens with one attached hydrogen (secondary N) is 2. The molecule has 0 radical (unpaired) electrons. The van der Waals surface area contributed by atoms with E-state index in [4.69, 9.17) is 5.73 Å². The predicted octanol–water partition coefficient (Wildman–Crippen LogP) is 0.927. The van der Waals surface area contributed by atoms with Crippen LogP contribution in [0.2, 0.25) is 0 Å². The summed E-state index contributed by atoms with van der Waals surface area (Å²) in [5.74, 6) is 0.489. The molecule has 2 atom stereocenters. The van der Waals surface area contributed by atoms with Gasteiger partial charge in [0.05, 0.1) is 0 Å². The Hall–Kier alpha value is -1.10. The number of hydrogen-bond acceptors (Lipinski definition) is 3. The molecule has 110 valence electrons. The second-order valence-electron chi connectivity index (χ2n) is 5.26. The summed E-state index contributed by atoms with van der Waals surface area (Å²) in [4.78, 5) is 23.1. The first kappa shape index (κ1) is 16.0. The number of hydrogen-bond donors (Lipinski definition) is 3. The molecule has 0 aromatic heterocycles. The smallest absolute Gasteiger partial charge is 0.220 e. The number of amides is 2. The summed E-state index contributed by atoms with van der Waals surface area (Å²) in [6, 6.07) is 0.232. The second-order valence-corrected chi connectivity index (χ2v) is 5.26. The Morgan fingerprint density at radius 3 is 2.53 bits per heavy atom. The Balaban J connectivity index is 2.20. The van der Waals surface area contributed by atoms with E-state index in [9.17, 15) is 9.59 Å². The summed E-state index contributed by atoms with van der Waals surface area (Å²) < 4.78 is 0. The highest BCUT2D eigenvalue weighted by atomic mass is 16.2. The van der Waals surface area contributed by atoms with Crippen LogP contribution in [-0.4, -0.2) is 30.9 Å². The van der Waals surface area contributed by atoms with E-state index < -0.39 is 0 Å². The minimum Gasteiger partial charge on any atom is -0.356 e. The molecule has 0 aromatic rings. The van der Waals surface area contributed by atoms with Crippen molar-refractivity contribution in [3.05, 3.63) is 0 Å². The van der Waals surface area contributed by atoms with Crippen molar-refractivity contribution in [2.24, 2.45) is 11.7 Å². The van der Waals surface area contributed by atoms with Crippen molar-refractivity contribution in [2.75, 3.05) is 13.1 Å². The standard InChI is InChI=1S/C14H27N3O2/c1-2-16-13(18)8-5-9-14(19)17-12-7-4-3-6-11(12)10-15/h11-12H,2-10,15H2,1H3,(H,16,18)(H,17,19). The monoisotopic (exact) mass is 269 g/mol. The van der Waals surface area contributed by atoms with Gasteiger partial charge in [0.25, 0.3) is 0 Å². The van der Waals surface area contributed by atoms with Crippen LogP contribution in [0.15, 0.2) is 0 Å². The van der Waals surface area contributed by atoms with E-state index in [-0.39, 0.29) is 17.9 Å². The summed E-state index contributed by atoms with van der Waals surface area (Å²) in [6.45, 7) is 3.18. The molecule has 1 rings (SSSR count). The van der Waals surface area contributed by atoms with Crippen LogP contribution in [0.25, 0.3) is 0 Å². The van der Waals surface area contributed by atoms with Gasteiger partial charge in [0.2, 0.25) is 11.8 Å². The van der Waals surface area contributed by atoms with Gasteiger partial charge in [-0.15, -0.1) is 0 Å². The fraction of sp³-hybridized carbons (Fsp3) is 0.857. The molecule has 0 heterocycles. The van der Waals surface area contributed by atoms with Crippen LogP contribution in [0.5, 0.6) is 0 Å². The third kappa shape index (κ3) is 6.05. The highest BCUT2D eigenvalue weighted by Gasteiger charge is 2.24. The van der Waals surface area contributed by atoms with E-state index >= 15 is 0 Å². The van der Waals surface area contributed by atoms with E-state index in [1.54, 1.807) is 0 Å². The average molecular weight is 269 g/mol. The van der Waals surface area contributed by atoms with E-state index in [2.05, 4.69) is 10.6 Å². The summed E-state index contributed by atoms with van der Waals surface area (Å²) in [5.41, 5.74) is 5.74. The van der Waals surface area contributed by atoms with Gasteiger partial charge in [-0.1, -0.05) is 12.8 Å². The van der Waals surface area contributed by atoms with Crippen molar-refractivity contribution in [3.63, 3.8) is 0 Å². The predicted molar refractivity (Wildman–Crippen MR) is 75.5 cm³/mol. The molecule has 1 aliphatic carbocycles. The molecule has 0 spiro atoms. The summed E-state index contributed by atoms with van der Waals surface area (Å²) in [5, 5.41) is 5.80. The second kappa shape index (κ2) is 8.91.